The summed E-state index contributed by atoms with van der Waals surface area (Å²) in [6.07, 6.45) is 1.16. The van der Waals surface area contributed by atoms with Crippen LogP contribution < -0.4 is 16.8 Å². The van der Waals surface area contributed by atoms with Crippen LogP contribution in [0.15, 0.2) is 48.5 Å². The number of nitrogens with one attached hydrogen (secondary N) is 1. The standard InChI is InChI=1S/C26H23N5O2/c1-2-13-11-26(28,25(27)33)31-18-10-6-4-8-15(18)20-21-16(12-29-24(21)32)19-14-7-3-5-9-17(14)30(13)22(19)23(20)31/h3-10,13H,2,11-12,28H2,1H3,(H2,27,33)(H,29,32). The van der Waals surface area contributed by atoms with Crippen LogP contribution in [0.3, 0.4) is 0 Å². The second kappa shape index (κ2) is 5.94. The van der Waals surface area contributed by atoms with Crippen LogP contribution in [0, 0.1) is 0 Å². The summed E-state index contributed by atoms with van der Waals surface area (Å²) in [6, 6.07) is 16.1. The highest BCUT2D eigenvalue weighted by molar-refractivity contribution is 6.31. The van der Waals surface area contributed by atoms with Gasteiger partial charge in [-0.3, -0.25) is 9.59 Å². The summed E-state index contributed by atoms with van der Waals surface area (Å²) in [6.45, 7) is 2.59. The van der Waals surface area contributed by atoms with Gasteiger partial charge >= 0.3 is 0 Å². The molecule has 0 fully saturated rings. The average molecular weight is 438 g/mol. The molecule has 0 radical (unpaired) electrons. The summed E-state index contributed by atoms with van der Waals surface area (Å²) in [4.78, 5) is 26.2. The number of amides is 2. The van der Waals surface area contributed by atoms with Gasteiger partial charge in [0.05, 0.1) is 22.1 Å². The zero-order valence-corrected chi connectivity index (χ0v) is 18.2. The summed E-state index contributed by atoms with van der Waals surface area (Å²) in [5, 5.41) is 6.97. The van der Waals surface area contributed by atoms with Gasteiger partial charge in [-0.1, -0.05) is 43.3 Å². The van der Waals surface area contributed by atoms with Gasteiger partial charge in [0.15, 0.2) is 5.66 Å². The van der Waals surface area contributed by atoms with Crippen molar-refractivity contribution in [2.75, 3.05) is 0 Å². The van der Waals surface area contributed by atoms with Crippen molar-refractivity contribution in [1.82, 2.24) is 14.5 Å². The summed E-state index contributed by atoms with van der Waals surface area (Å²) in [7, 11) is 0. The molecule has 7 heteroatoms. The van der Waals surface area contributed by atoms with E-state index in [4.69, 9.17) is 11.5 Å². The lowest BCUT2D eigenvalue weighted by atomic mass is 9.97. The first kappa shape index (κ1) is 18.7. The highest BCUT2D eigenvalue weighted by atomic mass is 16.2. The van der Waals surface area contributed by atoms with Gasteiger partial charge in [-0.25, -0.2) is 0 Å². The zero-order valence-electron chi connectivity index (χ0n) is 18.2. The quantitative estimate of drug-likeness (QED) is 0.393. The van der Waals surface area contributed by atoms with Crippen LogP contribution in [0.2, 0.25) is 0 Å². The normalized spacial score (nSPS) is 21.9. The van der Waals surface area contributed by atoms with Crippen LogP contribution >= 0.6 is 0 Å². The first-order chi connectivity index (χ1) is 16.0. The Morgan fingerprint density at radius 2 is 1.73 bits per heavy atom. The van der Waals surface area contributed by atoms with Gasteiger partial charge in [-0.05, 0) is 24.1 Å². The minimum Gasteiger partial charge on any atom is -0.366 e. The fraction of sp³-hybridized carbons (Fsp3) is 0.231. The van der Waals surface area contributed by atoms with Gasteiger partial charge < -0.3 is 25.9 Å². The Bertz CT molecular complexity index is 1710. The van der Waals surface area contributed by atoms with E-state index in [1.165, 1.54) is 0 Å². The van der Waals surface area contributed by atoms with Crippen molar-refractivity contribution in [3.05, 3.63) is 59.7 Å². The Labute approximate surface area is 188 Å². The van der Waals surface area contributed by atoms with Crippen LogP contribution in [0.5, 0.6) is 0 Å². The number of hydrogen-bond acceptors (Lipinski definition) is 3. The lowest BCUT2D eigenvalue weighted by molar-refractivity contribution is -0.126. The average Bonchev–Trinajstić information content (AvgIpc) is 3.44. The number of carbonyl (C=O) groups excluding carboxylic acids is 2. The molecule has 2 unspecified atom stereocenters. The molecule has 2 aromatic heterocycles. The van der Waals surface area contributed by atoms with E-state index in [0.717, 1.165) is 55.6 Å². The fourth-order valence-electron chi connectivity index (χ4n) is 6.35. The number of benzene rings is 3. The summed E-state index contributed by atoms with van der Waals surface area (Å²) >= 11 is 0. The first-order valence-corrected chi connectivity index (χ1v) is 11.4. The monoisotopic (exact) mass is 437 g/mol. The van der Waals surface area contributed by atoms with E-state index >= 15 is 0 Å². The highest BCUT2D eigenvalue weighted by Crippen LogP contribution is 2.50. The van der Waals surface area contributed by atoms with Gasteiger partial charge in [-0.15, -0.1) is 0 Å². The maximum Gasteiger partial charge on any atom is 0.258 e. The highest BCUT2D eigenvalue weighted by Gasteiger charge is 2.44. The van der Waals surface area contributed by atoms with Gasteiger partial charge in [0, 0.05) is 46.1 Å². The molecule has 2 aliphatic heterocycles. The number of para-hydroxylation sites is 2. The largest absolute Gasteiger partial charge is 0.366 e. The Balaban J connectivity index is 1.91. The molecule has 0 saturated heterocycles. The molecule has 164 valence electrons. The molecule has 0 aliphatic carbocycles. The second-order valence-electron chi connectivity index (χ2n) is 9.28. The molecule has 0 spiro atoms. The Hall–Kier alpha value is -3.84. The topological polar surface area (TPSA) is 108 Å². The molecule has 2 amide bonds. The SMILES string of the molecule is CCC1CC(N)(C(N)=O)n2c3ccccc3c3c4c(c5c6ccccc6n1c5c32)CNC4=O. The molecule has 3 aromatic carbocycles. The molecular weight excluding hydrogens is 414 g/mol. The van der Waals surface area contributed by atoms with Crippen LogP contribution in [0.25, 0.3) is 43.6 Å². The number of nitrogens with zero attached hydrogens (tertiary/aromatic N) is 2. The third-order valence-corrected chi connectivity index (χ3v) is 7.72. The number of primary amides is 1. The zero-order chi connectivity index (χ0) is 22.6. The van der Waals surface area contributed by atoms with Crippen LogP contribution in [-0.4, -0.2) is 20.9 Å². The van der Waals surface area contributed by atoms with Gasteiger partial charge in [0.1, 0.15) is 0 Å². The van der Waals surface area contributed by atoms with E-state index in [1.54, 1.807) is 0 Å². The van der Waals surface area contributed by atoms with E-state index in [2.05, 4.69) is 28.9 Å². The van der Waals surface area contributed by atoms with Gasteiger partial charge in [-0.2, -0.15) is 0 Å². The second-order valence-corrected chi connectivity index (χ2v) is 9.28. The Morgan fingerprint density at radius 1 is 1.06 bits per heavy atom. The molecular formula is C26H23N5O2. The number of aromatic nitrogens is 2. The summed E-state index contributed by atoms with van der Waals surface area (Å²) in [5.41, 5.74) is 17.0. The fourth-order valence-corrected chi connectivity index (χ4v) is 6.35. The minimum absolute atomic E-state index is 0.0325. The molecule has 5 aromatic rings. The lowest BCUT2D eigenvalue weighted by Gasteiger charge is -2.31. The van der Waals surface area contributed by atoms with Crippen molar-refractivity contribution in [3.8, 4) is 0 Å². The van der Waals surface area contributed by atoms with E-state index in [1.807, 2.05) is 41.0 Å². The van der Waals surface area contributed by atoms with Crippen LogP contribution in [0.1, 0.15) is 41.7 Å². The van der Waals surface area contributed by atoms with Crippen LogP contribution in [-0.2, 0) is 17.0 Å². The predicted octanol–water partition coefficient (Wildman–Crippen LogP) is 3.60. The first-order valence-electron chi connectivity index (χ1n) is 11.4. The van der Waals surface area contributed by atoms with E-state index in [0.29, 0.717) is 18.5 Å². The number of nitrogens with two attached hydrogens (primary N) is 2. The van der Waals surface area contributed by atoms with E-state index < -0.39 is 11.6 Å². The van der Waals surface area contributed by atoms with Gasteiger partial charge in [0.2, 0.25) is 0 Å². The number of rotatable bonds is 2. The molecule has 0 bridgehead atoms. The van der Waals surface area contributed by atoms with E-state index in [9.17, 15) is 9.59 Å². The maximum absolute atomic E-state index is 13.2. The molecule has 2 atom stereocenters. The van der Waals surface area contributed by atoms with E-state index in [-0.39, 0.29) is 11.9 Å². The van der Waals surface area contributed by atoms with Crippen molar-refractivity contribution in [1.29, 1.82) is 0 Å². The summed E-state index contributed by atoms with van der Waals surface area (Å²) in [5.74, 6) is -0.665. The smallest absolute Gasteiger partial charge is 0.258 e. The Kier molecular flexibility index (Phi) is 3.36. The maximum atomic E-state index is 13.2. The van der Waals surface area contributed by atoms with Gasteiger partial charge in [0.25, 0.3) is 11.8 Å². The van der Waals surface area contributed by atoms with Crippen LogP contribution in [0.4, 0.5) is 0 Å². The number of fused-ring (bicyclic) bond motifs is 9. The Morgan fingerprint density at radius 3 is 2.42 bits per heavy atom. The van der Waals surface area contributed by atoms with Crippen molar-refractivity contribution in [2.24, 2.45) is 11.5 Å². The van der Waals surface area contributed by atoms with Crippen molar-refractivity contribution < 1.29 is 9.59 Å². The number of carbonyl (C=O) groups is 2. The third kappa shape index (κ3) is 2.00. The van der Waals surface area contributed by atoms with Crippen molar-refractivity contribution in [2.45, 2.75) is 38.0 Å². The van der Waals surface area contributed by atoms with Crippen molar-refractivity contribution in [3.63, 3.8) is 0 Å². The molecule has 2 aliphatic rings. The molecule has 7 nitrogen and oxygen atoms in total. The molecule has 0 saturated carbocycles. The number of hydrogen-bond donors (Lipinski definition) is 3. The van der Waals surface area contributed by atoms with Crippen molar-refractivity contribution >= 4 is 55.4 Å². The molecule has 33 heavy (non-hydrogen) atoms. The molecule has 4 heterocycles. The molecule has 5 N–H and O–H groups in total. The summed E-state index contributed by atoms with van der Waals surface area (Å²) < 4.78 is 4.25. The third-order valence-electron chi connectivity index (χ3n) is 7.72. The molecule has 7 rings (SSSR count). The lowest BCUT2D eigenvalue weighted by Crippen LogP contribution is -2.54. The minimum atomic E-state index is -1.43. The predicted molar refractivity (Wildman–Crippen MR) is 129 cm³/mol.